The standard InChI is InChI=1S/C22H22N2O4S2/c1-14(20(26)23-11-10-15-6-8-17(25)9-7-15)24-21(27)19(30-22(24)29)13-16-4-3-5-18(12-16)28-2/h3-9,12-14,25H,10-11H2,1-2H3,(H,23,26). The molecule has 156 valence electrons. The molecule has 1 aliphatic heterocycles. The van der Waals surface area contributed by atoms with Crippen LogP contribution in [0.15, 0.2) is 53.4 Å². The Hall–Kier alpha value is -2.84. The Morgan fingerprint density at radius 3 is 2.73 bits per heavy atom. The molecular weight excluding hydrogens is 420 g/mol. The van der Waals surface area contributed by atoms with Crippen LogP contribution in [-0.2, 0) is 16.0 Å². The predicted octanol–water partition coefficient (Wildman–Crippen LogP) is 3.35. The predicted molar refractivity (Wildman–Crippen MR) is 122 cm³/mol. The summed E-state index contributed by atoms with van der Waals surface area (Å²) in [6.45, 7) is 2.08. The third kappa shape index (κ3) is 5.20. The molecule has 1 heterocycles. The molecule has 2 N–H and O–H groups in total. The first-order chi connectivity index (χ1) is 14.4. The molecule has 2 aromatic rings. The third-order valence-corrected chi connectivity index (χ3v) is 5.96. The van der Waals surface area contributed by atoms with Gasteiger partial charge in [-0.1, -0.05) is 48.2 Å². The largest absolute Gasteiger partial charge is 0.508 e. The highest BCUT2D eigenvalue weighted by Crippen LogP contribution is 2.34. The van der Waals surface area contributed by atoms with Crippen LogP contribution in [-0.4, -0.2) is 45.8 Å². The van der Waals surface area contributed by atoms with Crippen LogP contribution in [0.2, 0.25) is 0 Å². The number of hydrogen-bond donors (Lipinski definition) is 2. The van der Waals surface area contributed by atoms with Crippen LogP contribution in [0, 0.1) is 0 Å². The molecule has 0 aromatic heterocycles. The van der Waals surface area contributed by atoms with Gasteiger partial charge in [-0.15, -0.1) is 0 Å². The van der Waals surface area contributed by atoms with Crippen molar-refractivity contribution in [1.82, 2.24) is 10.2 Å². The molecule has 1 saturated heterocycles. The number of nitrogens with zero attached hydrogens (tertiary/aromatic N) is 1. The number of thioether (sulfide) groups is 1. The van der Waals surface area contributed by atoms with Crippen molar-refractivity contribution in [3.63, 3.8) is 0 Å². The highest BCUT2D eigenvalue weighted by molar-refractivity contribution is 8.26. The third-order valence-electron chi connectivity index (χ3n) is 4.63. The maximum atomic E-state index is 12.9. The van der Waals surface area contributed by atoms with Crippen molar-refractivity contribution in [3.05, 3.63) is 64.6 Å². The molecule has 8 heteroatoms. The second-order valence-corrected chi connectivity index (χ2v) is 8.39. The molecule has 3 rings (SSSR count). The molecule has 1 atom stereocenters. The number of rotatable bonds is 7. The summed E-state index contributed by atoms with van der Waals surface area (Å²) in [7, 11) is 1.58. The van der Waals surface area contributed by atoms with Crippen LogP contribution in [0.5, 0.6) is 11.5 Å². The smallest absolute Gasteiger partial charge is 0.266 e. The second kappa shape index (κ2) is 9.77. The Labute approximate surface area is 184 Å². The van der Waals surface area contributed by atoms with E-state index in [1.165, 1.54) is 16.7 Å². The summed E-state index contributed by atoms with van der Waals surface area (Å²) < 4.78 is 5.57. The Bertz CT molecular complexity index is 989. The number of amides is 2. The molecular formula is C22H22N2O4S2. The zero-order valence-electron chi connectivity index (χ0n) is 16.6. The number of ether oxygens (including phenoxy) is 1. The Balaban J connectivity index is 1.62. The first-order valence-corrected chi connectivity index (χ1v) is 10.6. The van der Waals surface area contributed by atoms with Crippen LogP contribution >= 0.6 is 24.0 Å². The first-order valence-electron chi connectivity index (χ1n) is 9.36. The molecule has 2 aromatic carbocycles. The molecule has 1 unspecified atom stereocenters. The number of nitrogens with one attached hydrogen (secondary N) is 1. The van der Waals surface area contributed by atoms with E-state index >= 15 is 0 Å². The van der Waals surface area contributed by atoms with Gasteiger partial charge < -0.3 is 15.2 Å². The zero-order valence-corrected chi connectivity index (χ0v) is 18.3. The number of aromatic hydroxyl groups is 1. The van der Waals surface area contributed by atoms with Gasteiger partial charge in [0.2, 0.25) is 5.91 Å². The molecule has 1 aliphatic rings. The quantitative estimate of drug-likeness (QED) is 0.506. The summed E-state index contributed by atoms with van der Waals surface area (Å²) in [6, 6.07) is 13.5. The van der Waals surface area contributed by atoms with Crippen molar-refractivity contribution < 1.29 is 19.4 Å². The van der Waals surface area contributed by atoms with Crippen LogP contribution in [0.4, 0.5) is 0 Å². The fourth-order valence-corrected chi connectivity index (χ4v) is 4.37. The summed E-state index contributed by atoms with van der Waals surface area (Å²) in [6.07, 6.45) is 2.37. The van der Waals surface area contributed by atoms with Gasteiger partial charge in [0.25, 0.3) is 5.91 Å². The van der Waals surface area contributed by atoms with E-state index in [1.54, 1.807) is 44.4 Å². The molecule has 0 bridgehead atoms. The van der Waals surface area contributed by atoms with E-state index in [2.05, 4.69) is 5.32 Å². The molecule has 30 heavy (non-hydrogen) atoms. The molecule has 0 aliphatic carbocycles. The number of hydrogen-bond acceptors (Lipinski definition) is 6. The van der Waals surface area contributed by atoms with Crippen molar-refractivity contribution in [1.29, 1.82) is 0 Å². The van der Waals surface area contributed by atoms with Gasteiger partial charge in [0.1, 0.15) is 21.9 Å². The van der Waals surface area contributed by atoms with E-state index in [4.69, 9.17) is 17.0 Å². The highest BCUT2D eigenvalue weighted by atomic mass is 32.2. The number of benzene rings is 2. The topological polar surface area (TPSA) is 78.9 Å². The molecule has 0 spiro atoms. The molecule has 0 saturated carbocycles. The number of carbonyl (C=O) groups is 2. The lowest BCUT2D eigenvalue weighted by atomic mass is 10.1. The van der Waals surface area contributed by atoms with Gasteiger partial charge in [0.05, 0.1) is 12.0 Å². The Morgan fingerprint density at radius 2 is 2.03 bits per heavy atom. The van der Waals surface area contributed by atoms with Gasteiger partial charge in [-0.2, -0.15) is 0 Å². The highest BCUT2D eigenvalue weighted by Gasteiger charge is 2.38. The first kappa shape index (κ1) is 21.9. The minimum Gasteiger partial charge on any atom is -0.508 e. The molecule has 6 nitrogen and oxygen atoms in total. The average Bonchev–Trinajstić information content (AvgIpc) is 3.01. The van der Waals surface area contributed by atoms with Gasteiger partial charge in [-0.3, -0.25) is 14.5 Å². The summed E-state index contributed by atoms with van der Waals surface area (Å²) in [5.41, 5.74) is 1.81. The summed E-state index contributed by atoms with van der Waals surface area (Å²) in [4.78, 5) is 27.2. The van der Waals surface area contributed by atoms with Crippen LogP contribution in [0.3, 0.4) is 0 Å². The normalized spacial score (nSPS) is 16.1. The van der Waals surface area contributed by atoms with Crippen molar-refractivity contribution in [3.8, 4) is 11.5 Å². The number of carbonyl (C=O) groups excluding carboxylic acids is 2. The summed E-state index contributed by atoms with van der Waals surface area (Å²) in [5, 5.41) is 12.2. The van der Waals surface area contributed by atoms with E-state index in [9.17, 15) is 14.7 Å². The number of thiocarbonyl (C=S) groups is 1. The molecule has 0 radical (unpaired) electrons. The monoisotopic (exact) mass is 442 g/mol. The van der Waals surface area contributed by atoms with Gasteiger partial charge in [0.15, 0.2) is 0 Å². The lowest BCUT2D eigenvalue weighted by molar-refractivity contribution is -0.132. The summed E-state index contributed by atoms with van der Waals surface area (Å²) in [5.74, 6) is 0.343. The minimum atomic E-state index is -0.714. The van der Waals surface area contributed by atoms with Crippen molar-refractivity contribution >= 4 is 46.2 Å². The van der Waals surface area contributed by atoms with Gasteiger partial charge >= 0.3 is 0 Å². The van der Waals surface area contributed by atoms with Gasteiger partial charge in [-0.05, 0) is 54.8 Å². The second-order valence-electron chi connectivity index (χ2n) is 6.71. The summed E-state index contributed by atoms with van der Waals surface area (Å²) >= 11 is 6.54. The maximum Gasteiger partial charge on any atom is 0.266 e. The lowest BCUT2D eigenvalue weighted by Crippen LogP contribution is -2.47. The number of phenols is 1. The van der Waals surface area contributed by atoms with Crippen molar-refractivity contribution in [2.24, 2.45) is 0 Å². The lowest BCUT2D eigenvalue weighted by Gasteiger charge is -2.22. The fourth-order valence-electron chi connectivity index (χ4n) is 2.95. The zero-order chi connectivity index (χ0) is 21.7. The maximum absolute atomic E-state index is 12.9. The minimum absolute atomic E-state index is 0.202. The Morgan fingerprint density at radius 1 is 1.30 bits per heavy atom. The van der Waals surface area contributed by atoms with Crippen molar-refractivity contribution in [2.75, 3.05) is 13.7 Å². The van der Waals surface area contributed by atoms with E-state index in [1.807, 2.05) is 24.3 Å². The van der Waals surface area contributed by atoms with Crippen LogP contribution in [0.25, 0.3) is 6.08 Å². The van der Waals surface area contributed by atoms with Gasteiger partial charge in [-0.25, -0.2) is 0 Å². The Kier molecular flexibility index (Phi) is 7.12. The molecule has 2 amide bonds. The van der Waals surface area contributed by atoms with E-state index in [-0.39, 0.29) is 17.6 Å². The van der Waals surface area contributed by atoms with E-state index < -0.39 is 6.04 Å². The number of phenolic OH excluding ortho intramolecular Hbond substituents is 1. The van der Waals surface area contributed by atoms with Gasteiger partial charge in [0, 0.05) is 6.54 Å². The SMILES string of the molecule is COc1cccc(C=C2SC(=S)N(C(C)C(=O)NCCc3ccc(O)cc3)C2=O)c1. The van der Waals surface area contributed by atoms with Crippen LogP contribution in [0.1, 0.15) is 18.1 Å². The van der Waals surface area contributed by atoms with Crippen LogP contribution < -0.4 is 10.1 Å². The van der Waals surface area contributed by atoms with E-state index in [0.717, 1.165) is 11.1 Å². The molecule has 1 fully saturated rings. The van der Waals surface area contributed by atoms with E-state index in [0.29, 0.717) is 27.9 Å². The fraction of sp³-hybridized carbons (Fsp3) is 0.227. The average molecular weight is 443 g/mol. The van der Waals surface area contributed by atoms with Crippen molar-refractivity contribution in [2.45, 2.75) is 19.4 Å². The number of methoxy groups -OCH3 is 1.